The molecule has 6 heteroatoms. The number of carbonyl (C=O) groups excluding carboxylic acids is 2. The van der Waals surface area contributed by atoms with Crippen molar-refractivity contribution >= 4 is 23.1 Å². The predicted molar refractivity (Wildman–Crippen MR) is 114 cm³/mol. The largest absolute Gasteiger partial charge is 0.497 e. The number of methoxy groups -OCH3 is 1. The molecule has 1 aromatic heterocycles. The number of furan rings is 1. The Balaban J connectivity index is 1.72. The molecule has 30 heavy (non-hydrogen) atoms. The first-order chi connectivity index (χ1) is 14.6. The van der Waals surface area contributed by atoms with E-state index in [2.05, 4.69) is 12.2 Å². The number of aryl methyl sites for hydroxylation is 1. The van der Waals surface area contributed by atoms with Crippen LogP contribution in [0.5, 0.6) is 5.75 Å². The topological polar surface area (TPSA) is 71.8 Å². The van der Waals surface area contributed by atoms with Crippen molar-refractivity contribution in [3.63, 3.8) is 0 Å². The molecule has 0 fully saturated rings. The van der Waals surface area contributed by atoms with Gasteiger partial charge in [-0.05, 0) is 53.9 Å². The molecule has 0 spiro atoms. The van der Waals surface area contributed by atoms with Crippen LogP contribution in [0.15, 0.2) is 77.0 Å². The first-order valence-electron chi connectivity index (χ1n) is 9.74. The second kappa shape index (κ2) is 8.29. The molecule has 152 valence electrons. The number of amides is 2. The summed E-state index contributed by atoms with van der Waals surface area (Å²) >= 11 is 0. The van der Waals surface area contributed by atoms with Crippen molar-refractivity contribution in [1.82, 2.24) is 4.90 Å². The molecular formula is C24H22N2O4. The maximum Gasteiger partial charge on any atom is 0.278 e. The molecule has 6 nitrogen and oxygen atoms in total. The number of anilines is 1. The normalized spacial score (nSPS) is 13.9. The highest BCUT2D eigenvalue weighted by Gasteiger charge is 2.39. The van der Waals surface area contributed by atoms with Crippen LogP contribution in [0.1, 0.15) is 23.8 Å². The molecule has 3 aromatic rings. The number of hydrogen-bond acceptors (Lipinski definition) is 5. The fraction of sp³-hybridized carbons (Fsp3) is 0.167. The van der Waals surface area contributed by atoms with E-state index in [1.807, 2.05) is 24.3 Å². The average molecular weight is 402 g/mol. The molecule has 0 atom stereocenters. The van der Waals surface area contributed by atoms with Crippen molar-refractivity contribution in [2.75, 3.05) is 12.4 Å². The highest BCUT2D eigenvalue weighted by atomic mass is 16.5. The fourth-order valence-electron chi connectivity index (χ4n) is 3.39. The van der Waals surface area contributed by atoms with Gasteiger partial charge < -0.3 is 14.5 Å². The van der Waals surface area contributed by atoms with Crippen molar-refractivity contribution in [3.8, 4) is 5.75 Å². The summed E-state index contributed by atoms with van der Waals surface area (Å²) in [6, 6.07) is 18.4. The van der Waals surface area contributed by atoms with Crippen LogP contribution in [-0.2, 0) is 22.6 Å². The molecule has 2 aromatic carbocycles. The smallest absolute Gasteiger partial charge is 0.278 e. The summed E-state index contributed by atoms with van der Waals surface area (Å²) < 4.78 is 10.5. The summed E-state index contributed by atoms with van der Waals surface area (Å²) in [6.07, 6.45) is 2.45. The van der Waals surface area contributed by atoms with Gasteiger partial charge in [-0.15, -0.1) is 0 Å². The van der Waals surface area contributed by atoms with Gasteiger partial charge in [0.25, 0.3) is 11.8 Å². The molecule has 0 unspecified atom stereocenters. The number of nitrogens with zero attached hydrogens (tertiary/aromatic N) is 1. The third kappa shape index (κ3) is 3.72. The number of nitrogens with one attached hydrogen (secondary N) is 1. The van der Waals surface area contributed by atoms with Crippen LogP contribution in [0, 0.1) is 0 Å². The zero-order valence-electron chi connectivity index (χ0n) is 16.8. The molecular weight excluding hydrogens is 380 g/mol. The molecule has 1 N–H and O–H groups in total. The molecule has 0 saturated carbocycles. The molecule has 1 aliphatic rings. The summed E-state index contributed by atoms with van der Waals surface area (Å²) in [7, 11) is 1.58. The Morgan fingerprint density at radius 3 is 2.30 bits per heavy atom. The first kappa shape index (κ1) is 19.5. The van der Waals surface area contributed by atoms with Crippen LogP contribution in [0.2, 0.25) is 0 Å². The van der Waals surface area contributed by atoms with Gasteiger partial charge in [0, 0.05) is 5.69 Å². The van der Waals surface area contributed by atoms with E-state index in [0.29, 0.717) is 22.6 Å². The highest BCUT2D eigenvalue weighted by molar-refractivity contribution is 6.36. The molecule has 0 bridgehead atoms. The maximum atomic E-state index is 13.2. The number of imide groups is 1. The third-order valence-electron chi connectivity index (χ3n) is 5.07. The van der Waals surface area contributed by atoms with Crippen molar-refractivity contribution < 1.29 is 18.7 Å². The minimum atomic E-state index is -0.387. The van der Waals surface area contributed by atoms with E-state index in [1.165, 1.54) is 16.7 Å². The summed E-state index contributed by atoms with van der Waals surface area (Å²) in [5.41, 5.74) is 3.16. The van der Waals surface area contributed by atoms with Crippen molar-refractivity contribution in [2.24, 2.45) is 0 Å². The predicted octanol–water partition coefficient (Wildman–Crippen LogP) is 4.24. The summed E-state index contributed by atoms with van der Waals surface area (Å²) in [6.45, 7) is 2.16. The van der Waals surface area contributed by atoms with E-state index in [9.17, 15) is 9.59 Å². The monoisotopic (exact) mass is 402 g/mol. The van der Waals surface area contributed by atoms with Gasteiger partial charge in [0.15, 0.2) is 0 Å². The van der Waals surface area contributed by atoms with Crippen LogP contribution in [0.4, 0.5) is 5.69 Å². The Hall–Kier alpha value is -3.80. The maximum absolute atomic E-state index is 13.2. The van der Waals surface area contributed by atoms with Gasteiger partial charge in [0.2, 0.25) is 0 Å². The number of carbonyl (C=O) groups is 2. The number of ether oxygens (including phenoxy) is 1. The first-order valence-corrected chi connectivity index (χ1v) is 9.74. The van der Waals surface area contributed by atoms with Crippen molar-refractivity contribution in [2.45, 2.75) is 19.9 Å². The standard InChI is InChI=1S/C24H22N2O4/c1-3-16-6-10-18(11-7-16)25-22-21(17-8-12-19(29-2)13-9-17)23(27)26(24(22)28)15-20-5-4-14-30-20/h4-14,25H,3,15H2,1-2H3. The summed E-state index contributed by atoms with van der Waals surface area (Å²) in [5.74, 6) is 0.462. The Labute approximate surface area is 174 Å². The highest BCUT2D eigenvalue weighted by Crippen LogP contribution is 2.32. The van der Waals surface area contributed by atoms with Crippen LogP contribution < -0.4 is 10.1 Å². The van der Waals surface area contributed by atoms with Gasteiger partial charge in [0.05, 0.1) is 25.5 Å². The van der Waals surface area contributed by atoms with Gasteiger partial charge in [-0.2, -0.15) is 0 Å². The second-order valence-electron chi connectivity index (χ2n) is 6.93. The Bertz CT molecular complexity index is 1080. The molecule has 0 radical (unpaired) electrons. The van der Waals surface area contributed by atoms with Gasteiger partial charge in [0.1, 0.15) is 17.2 Å². The van der Waals surface area contributed by atoms with Gasteiger partial charge >= 0.3 is 0 Å². The van der Waals surface area contributed by atoms with E-state index in [-0.39, 0.29) is 24.1 Å². The molecule has 4 rings (SSSR count). The van der Waals surface area contributed by atoms with Crippen LogP contribution in [-0.4, -0.2) is 23.8 Å². The molecule has 1 aliphatic heterocycles. The zero-order valence-corrected chi connectivity index (χ0v) is 16.8. The SMILES string of the molecule is CCc1ccc(NC2=C(c3ccc(OC)cc3)C(=O)N(Cc3ccco3)C2=O)cc1. The van der Waals surface area contributed by atoms with Crippen LogP contribution >= 0.6 is 0 Å². The average Bonchev–Trinajstić information content (AvgIpc) is 3.37. The second-order valence-corrected chi connectivity index (χ2v) is 6.93. The zero-order chi connectivity index (χ0) is 21.1. The third-order valence-corrected chi connectivity index (χ3v) is 5.07. The van der Waals surface area contributed by atoms with Gasteiger partial charge in [-0.3, -0.25) is 14.5 Å². The number of benzene rings is 2. The minimum Gasteiger partial charge on any atom is -0.497 e. The minimum absolute atomic E-state index is 0.0737. The fourth-order valence-corrected chi connectivity index (χ4v) is 3.39. The molecule has 2 heterocycles. The lowest BCUT2D eigenvalue weighted by atomic mass is 10.0. The Morgan fingerprint density at radius 1 is 0.967 bits per heavy atom. The van der Waals surface area contributed by atoms with Crippen LogP contribution in [0.3, 0.4) is 0 Å². The Morgan fingerprint density at radius 2 is 1.70 bits per heavy atom. The van der Waals surface area contributed by atoms with Gasteiger partial charge in [-0.25, -0.2) is 0 Å². The molecule has 0 saturated heterocycles. The number of rotatable bonds is 7. The lowest BCUT2D eigenvalue weighted by Gasteiger charge is -2.13. The van der Waals surface area contributed by atoms with E-state index in [4.69, 9.17) is 9.15 Å². The lowest BCUT2D eigenvalue weighted by molar-refractivity contribution is -0.137. The van der Waals surface area contributed by atoms with E-state index in [0.717, 1.165) is 12.1 Å². The van der Waals surface area contributed by atoms with Crippen LogP contribution in [0.25, 0.3) is 5.57 Å². The summed E-state index contributed by atoms with van der Waals surface area (Å²) in [5, 5.41) is 3.16. The Kier molecular flexibility index (Phi) is 5.39. The molecule has 2 amide bonds. The lowest BCUT2D eigenvalue weighted by Crippen LogP contribution is -2.31. The summed E-state index contributed by atoms with van der Waals surface area (Å²) in [4.78, 5) is 27.6. The van der Waals surface area contributed by atoms with E-state index < -0.39 is 0 Å². The van der Waals surface area contributed by atoms with Crippen molar-refractivity contribution in [1.29, 1.82) is 0 Å². The van der Waals surface area contributed by atoms with E-state index in [1.54, 1.807) is 43.5 Å². The van der Waals surface area contributed by atoms with Gasteiger partial charge in [-0.1, -0.05) is 31.2 Å². The quantitative estimate of drug-likeness (QED) is 0.599. The molecule has 0 aliphatic carbocycles. The van der Waals surface area contributed by atoms with E-state index >= 15 is 0 Å². The number of hydrogen-bond donors (Lipinski definition) is 1. The van der Waals surface area contributed by atoms with Crippen molar-refractivity contribution in [3.05, 3.63) is 89.5 Å².